The quantitative estimate of drug-likeness (QED) is 0.438. The Kier molecular flexibility index (Phi) is 7.62. The molecule has 1 aromatic heterocycles. The molecule has 4 rings (SSSR count). The maximum Gasteiger partial charge on any atom is 0.282 e. The standard InChI is InChI=1S/C25H27BrN4O4/c1-2-33-21-12-17(19(26)13-22(21)34-15-23(27)31)14-28-30-24(16-8-4-3-5-9-16)29-20-11-7-6-10-18(20)25(30)32/h6-7,10-14,16H,2-5,8-9,15H2,1H3,(H2,27,31). The number of halogens is 1. The van der Waals surface area contributed by atoms with E-state index >= 15 is 0 Å². The fourth-order valence-electron chi connectivity index (χ4n) is 4.18. The molecule has 1 fully saturated rings. The van der Waals surface area contributed by atoms with Crippen LogP contribution in [0.3, 0.4) is 0 Å². The Morgan fingerprint density at radius 1 is 1.21 bits per heavy atom. The molecule has 2 N–H and O–H groups in total. The van der Waals surface area contributed by atoms with Gasteiger partial charge in [-0.25, -0.2) is 4.98 Å². The van der Waals surface area contributed by atoms with Gasteiger partial charge in [-0.3, -0.25) is 9.59 Å². The third-order valence-electron chi connectivity index (χ3n) is 5.79. The van der Waals surface area contributed by atoms with Crippen molar-refractivity contribution in [2.24, 2.45) is 10.8 Å². The average molecular weight is 527 g/mol. The van der Waals surface area contributed by atoms with Crippen molar-refractivity contribution >= 4 is 39.0 Å². The summed E-state index contributed by atoms with van der Waals surface area (Å²) in [6, 6.07) is 10.8. The van der Waals surface area contributed by atoms with Crippen molar-refractivity contribution in [1.29, 1.82) is 0 Å². The average Bonchev–Trinajstić information content (AvgIpc) is 2.84. The minimum Gasteiger partial charge on any atom is -0.490 e. The molecule has 1 aliphatic rings. The number of para-hydroxylation sites is 1. The van der Waals surface area contributed by atoms with Gasteiger partial charge in [-0.05, 0) is 60.0 Å². The summed E-state index contributed by atoms with van der Waals surface area (Å²) in [6.45, 7) is 2.00. The molecule has 3 aromatic rings. The minimum absolute atomic E-state index is 0.190. The van der Waals surface area contributed by atoms with E-state index in [-0.39, 0.29) is 18.1 Å². The smallest absolute Gasteiger partial charge is 0.282 e. The van der Waals surface area contributed by atoms with Gasteiger partial charge in [-0.1, -0.05) is 31.4 Å². The molecule has 34 heavy (non-hydrogen) atoms. The zero-order valence-corrected chi connectivity index (χ0v) is 20.6. The van der Waals surface area contributed by atoms with Crippen LogP contribution in [0.5, 0.6) is 11.5 Å². The first-order valence-corrected chi connectivity index (χ1v) is 12.2. The van der Waals surface area contributed by atoms with Crippen LogP contribution in [0.1, 0.15) is 56.3 Å². The van der Waals surface area contributed by atoms with Crippen molar-refractivity contribution in [1.82, 2.24) is 9.66 Å². The van der Waals surface area contributed by atoms with E-state index in [0.29, 0.717) is 44.9 Å². The van der Waals surface area contributed by atoms with Gasteiger partial charge in [0.2, 0.25) is 0 Å². The summed E-state index contributed by atoms with van der Waals surface area (Å²) >= 11 is 3.52. The lowest BCUT2D eigenvalue weighted by Gasteiger charge is -2.22. The number of nitrogens with two attached hydrogens (primary N) is 1. The second-order valence-corrected chi connectivity index (χ2v) is 9.05. The van der Waals surface area contributed by atoms with Crippen molar-refractivity contribution in [2.45, 2.75) is 44.9 Å². The van der Waals surface area contributed by atoms with Gasteiger partial charge in [0.1, 0.15) is 5.82 Å². The summed E-state index contributed by atoms with van der Waals surface area (Å²) in [4.78, 5) is 29.4. The third kappa shape index (κ3) is 5.30. The monoisotopic (exact) mass is 526 g/mol. The maximum atomic E-state index is 13.4. The number of benzene rings is 2. The summed E-state index contributed by atoms with van der Waals surface area (Å²) < 4.78 is 13.3. The molecule has 1 aliphatic carbocycles. The van der Waals surface area contributed by atoms with Crippen LogP contribution in [0.4, 0.5) is 0 Å². The van der Waals surface area contributed by atoms with E-state index in [1.54, 1.807) is 24.4 Å². The Morgan fingerprint density at radius 3 is 2.68 bits per heavy atom. The SMILES string of the molecule is CCOc1cc(C=Nn2c(C3CCCCC3)nc3ccccc3c2=O)c(Br)cc1OCC(N)=O. The fraction of sp³-hybridized carbons (Fsp3) is 0.360. The fourth-order valence-corrected chi connectivity index (χ4v) is 4.60. The number of amides is 1. The number of nitrogens with zero attached hydrogens (tertiary/aromatic N) is 3. The van der Waals surface area contributed by atoms with Gasteiger partial charge in [-0.2, -0.15) is 9.78 Å². The van der Waals surface area contributed by atoms with Crippen LogP contribution in [-0.2, 0) is 4.79 Å². The van der Waals surface area contributed by atoms with Crippen LogP contribution in [-0.4, -0.2) is 35.0 Å². The molecule has 0 aliphatic heterocycles. The molecule has 9 heteroatoms. The highest BCUT2D eigenvalue weighted by Crippen LogP contribution is 2.34. The van der Waals surface area contributed by atoms with Gasteiger partial charge in [-0.15, -0.1) is 0 Å². The van der Waals surface area contributed by atoms with E-state index in [2.05, 4.69) is 21.0 Å². The van der Waals surface area contributed by atoms with Gasteiger partial charge >= 0.3 is 0 Å². The summed E-state index contributed by atoms with van der Waals surface area (Å²) in [7, 11) is 0. The van der Waals surface area contributed by atoms with Crippen molar-refractivity contribution < 1.29 is 14.3 Å². The molecule has 1 heterocycles. The molecular weight excluding hydrogens is 500 g/mol. The number of hydrogen-bond acceptors (Lipinski definition) is 6. The maximum absolute atomic E-state index is 13.4. The molecule has 1 amide bonds. The van der Waals surface area contributed by atoms with Crippen LogP contribution >= 0.6 is 15.9 Å². The highest BCUT2D eigenvalue weighted by molar-refractivity contribution is 9.10. The van der Waals surface area contributed by atoms with Crippen LogP contribution in [0.25, 0.3) is 10.9 Å². The number of ether oxygens (including phenoxy) is 2. The second kappa shape index (κ2) is 10.8. The highest BCUT2D eigenvalue weighted by Gasteiger charge is 2.22. The molecular formula is C25H27BrN4O4. The first-order valence-electron chi connectivity index (χ1n) is 11.4. The first kappa shape index (κ1) is 23.9. The molecule has 0 radical (unpaired) electrons. The number of hydrogen-bond donors (Lipinski definition) is 1. The lowest BCUT2D eigenvalue weighted by molar-refractivity contribution is -0.119. The van der Waals surface area contributed by atoms with Gasteiger partial charge in [0.15, 0.2) is 18.1 Å². The normalized spacial score (nSPS) is 14.5. The van der Waals surface area contributed by atoms with E-state index in [1.807, 2.05) is 25.1 Å². The van der Waals surface area contributed by atoms with Crippen LogP contribution in [0, 0.1) is 0 Å². The lowest BCUT2D eigenvalue weighted by Crippen LogP contribution is -2.25. The summed E-state index contributed by atoms with van der Waals surface area (Å²) in [5, 5.41) is 5.11. The Morgan fingerprint density at radius 2 is 1.94 bits per heavy atom. The van der Waals surface area contributed by atoms with Crippen molar-refractivity contribution in [3.05, 3.63) is 62.6 Å². The predicted molar refractivity (Wildman–Crippen MR) is 135 cm³/mol. The van der Waals surface area contributed by atoms with Gasteiger partial charge in [0.05, 0.1) is 23.7 Å². The molecule has 0 saturated heterocycles. The number of carbonyl (C=O) groups is 1. The summed E-state index contributed by atoms with van der Waals surface area (Å²) in [5.41, 5.74) is 6.38. The van der Waals surface area contributed by atoms with Gasteiger partial charge < -0.3 is 15.2 Å². The summed E-state index contributed by atoms with van der Waals surface area (Å²) in [6.07, 6.45) is 7.03. The van der Waals surface area contributed by atoms with Gasteiger partial charge in [0, 0.05) is 16.0 Å². The molecule has 8 nitrogen and oxygen atoms in total. The van der Waals surface area contributed by atoms with E-state index in [4.69, 9.17) is 20.2 Å². The van der Waals surface area contributed by atoms with Crippen molar-refractivity contribution in [3.8, 4) is 11.5 Å². The molecule has 178 valence electrons. The Hall–Kier alpha value is -3.20. The minimum atomic E-state index is -0.581. The predicted octanol–water partition coefficient (Wildman–Crippen LogP) is 4.35. The lowest BCUT2D eigenvalue weighted by atomic mass is 9.88. The Balaban J connectivity index is 1.77. The molecule has 0 atom stereocenters. The van der Waals surface area contributed by atoms with E-state index in [9.17, 15) is 9.59 Å². The largest absolute Gasteiger partial charge is 0.490 e. The van der Waals surface area contributed by atoms with E-state index in [1.165, 1.54) is 11.1 Å². The second-order valence-electron chi connectivity index (χ2n) is 8.19. The molecule has 2 aromatic carbocycles. The molecule has 0 bridgehead atoms. The van der Waals surface area contributed by atoms with Crippen LogP contribution in [0.15, 0.2) is 50.8 Å². The molecule has 0 unspecified atom stereocenters. The highest BCUT2D eigenvalue weighted by atomic mass is 79.9. The van der Waals surface area contributed by atoms with E-state index in [0.717, 1.165) is 25.7 Å². The number of carbonyl (C=O) groups excluding carboxylic acids is 1. The van der Waals surface area contributed by atoms with Crippen molar-refractivity contribution in [3.63, 3.8) is 0 Å². The first-order chi connectivity index (χ1) is 16.5. The summed E-state index contributed by atoms with van der Waals surface area (Å²) in [5.74, 6) is 1.14. The van der Waals surface area contributed by atoms with E-state index < -0.39 is 5.91 Å². The zero-order valence-electron chi connectivity index (χ0n) is 19.0. The third-order valence-corrected chi connectivity index (χ3v) is 6.48. The number of aromatic nitrogens is 2. The number of primary amides is 1. The van der Waals surface area contributed by atoms with Crippen molar-refractivity contribution in [2.75, 3.05) is 13.2 Å². The van der Waals surface area contributed by atoms with Crippen LogP contribution < -0.4 is 20.8 Å². The molecule has 0 spiro atoms. The number of rotatable bonds is 8. The van der Waals surface area contributed by atoms with Gasteiger partial charge in [0.25, 0.3) is 11.5 Å². The topological polar surface area (TPSA) is 109 Å². The molecule has 1 saturated carbocycles. The number of fused-ring (bicyclic) bond motifs is 1. The Labute approximate surface area is 205 Å². The van der Waals surface area contributed by atoms with Crippen LogP contribution in [0.2, 0.25) is 0 Å². The Bertz CT molecular complexity index is 1280. The zero-order chi connectivity index (χ0) is 24.1.